The number of anilines is 1. The van der Waals surface area contributed by atoms with Crippen LogP contribution >= 0.6 is 11.3 Å². The number of hydrogen-bond donors (Lipinski definition) is 0. The molecule has 6 nitrogen and oxygen atoms in total. The molecule has 3 aromatic carbocycles. The fourth-order valence-corrected chi connectivity index (χ4v) is 6.07. The van der Waals surface area contributed by atoms with Gasteiger partial charge in [-0.1, -0.05) is 67.6 Å². The van der Waals surface area contributed by atoms with Gasteiger partial charge < -0.3 is 4.74 Å². The first kappa shape index (κ1) is 24.9. The van der Waals surface area contributed by atoms with Gasteiger partial charge in [-0.05, 0) is 47.4 Å². The lowest BCUT2D eigenvalue weighted by Gasteiger charge is -2.20. The minimum atomic E-state index is -3.63. The number of nitrogens with zero attached hydrogens (tertiary/aromatic N) is 2. The summed E-state index contributed by atoms with van der Waals surface area (Å²) in [7, 11) is -2.11. The molecule has 0 saturated heterocycles. The number of amides is 1. The van der Waals surface area contributed by atoms with Gasteiger partial charge >= 0.3 is 0 Å². The van der Waals surface area contributed by atoms with E-state index in [0.29, 0.717) is 23.3 Å². The van der Waals surface area contributed by atoms with Crippen LogP contribution in [0.15, 0.2) is 77.7 Å². The molecule has 0 fully saturated rings. The number of para-hydroxylation sites is 1. The minimum Gasteiger partial charge on any atom is -0.497 e. The summed E-state index contributed by atoms with van der Waals surface area (Å²) in [5.41, 5.74) is 2.96. The molecule has 8 heteroatoms. The van der Waals surface area contributed by atoms with Crippen LogP contribution in [0.4, 0.5) is 5.13 Å². The molecule has 4 rings (SSSR count). The number of sulfone groups is 1. The summed E-state index contributed by atoms with van der Waals surface area (Å²) in [5.74, 6) is 0.300. The number of ether oxygens (including phenoxy) is 1. The molecule has 1 amide bonds. The second-order valence-electron chi connectivity index (χ2n) is 8.56. The van der Waals surface area contributed by atoms with Crippen molar-refractivity contribution in [1.82, 2.24) is 4.98 Å². The molecule has 0 bridgehead atoms. The van der Waals surface area contributed by atoms with Gasteiger partial charge in [0, 0.05) is 6.42 Å². The molecule has 0 spiro atoms. The van der Waals surface area contributed by atoms with Crippen LogP contribution < -0.4 is 9.64 Å². The van der Waals surface area contributed by atoms with Crippen LogP contribution in [-0.4, -0.2) is 32.2 Å². The molecule has 4 aromatic rings. The Morgan fingerprint density at radius 1 is 1.00 bits per heavy atom. The Labute approximate surface area is 210 Å². The highest BCUT2D eigenvalue weighted by molar-refractivity contribution is 7.91. The number of thiazole rings is 1. The van der Waals surface area contributed by atoms with Crippen LogP contribution in [0.1, 0.15) is 37.3 Å². The Bertz CT molecular complexity index is 1410. The molecule has 0 atom stereocenters. The number of fused-ring (bicyclic) bond motifs is 1. The molecule has 0 aliphatic rings. The van der Waals surface area contributed by atoms with Gasteiger partial charge in [0.1, 0.15) is 5.75 Å². The van der Waals surface area contributed by atoms with Crippen molar-refractivity contribution in [1.29, 1.82) is 0 Å². The van der Waals surface area contributed by atoms with E-state index in [1.54, 1.807) is 17.0 Å². The van der Waals surface area contributed by atoms with Crippen molar-refractivity contribution in [2.45, 2.75) is 37.6 Å². The predicted molar refractivity (Wildman–Crippen MR) is 141 cm³/mol. The summed E-state index contributed by atoms with van der Waals surface area (Å²) in [6.07, 6.45) is -0.145. The molecule has 0 aliphatic carbocycles. The molecule has 0 N–H and O–H groups in total. The maximum Gasteiger partial charge on any atom is 0.230 e. The van der Waals surface area contributed by atoms with Crippen LogP contribution in [0.5, 0.6) is 5.75 Å². The van der Waals surface area contributed by atoms with Gasteiger partial charge in [-0.2, -0.15) is 0 Å². The third-order valence-corrected chi connectivity index (χ3v) is 8.56. The average Bonchev–Trinajstić information content (AvgIpc) is 3.30. The Morgan fingerprint density at radius 2 is 1.71 bits per heavy atom. The number of benzene rings is 3. The summed E-state index contributed by atoms with van der Waals surface area (Å²) in [6.45, 7) is 4.55. The number of hydrogen-bond acceptors (Lipinski definition) is 6. The van der Waals surface area contributed by atoms with E-state index in [2.05, 4.69) is 19.9 Å². The van der Waals surface area contributed by atoms with Crippen molar-refractivity contribution in [3.8, 4) is 5.75 Å². The largest absolute Gasteiger partial charge is 0.497 e. The molecule has 0 unspecified atom stereocenters. The standard InChI is InChI=1S/C27H28N2O4S2/c1-19(2)23-10-7-11-24-26(23)28-27(34-24)29(18-20-8-5-4-6-9-20)25(30)16-17-35(31,32)22-14-12-21(33-3)13-15-22/h4-15,19H,16-18H2,1-3H3. The van der Waals surface area contributed by atoms with Gasteiger partial charge in [0.2, 0.25) is 5.91 Å². The summed E-state index contributed by atoms with van der Waals surface area (Å²) >= 11 is 1.45. The monoisotopic (exact) mass is 508 g/mol. The van der Waals surface area contributed by atoms with Gasteiger partial charge in [0.15, 0.2) is 15.0 Å². The van der Waals surface area contributed by atoms with E-state index >= 15 is 0 Å². The highest BCUT2D eigenvalue weighted by Gasteiger charge is 2.24. The van der Waals surface area contributed by atoms with Gasteiger partial charge in [-0.3, -0.25) is 9.69 Å². The number of carbonyl (C=O) groups is 1. The first-order valence-corrected chi connectivity index (χ1v) is 13.9. The predicted octanol–water partition coefficient (Wildman–Crippen LogP) is 5.83. The summed E-state index contributed by atoms with van der Waals surface area (Å²) in [4.78, 5) is 20.0. The Balaban J connectivity index is 1.62. The highest BCUT2D eigenvalue weighted by atomic mass is 32.2. The quantitative estimate of drug-likeness (QED) is 0.284. The lowest BCUT2D eigenvalue weighted by atomic mass is 10.0. The van der Waals surface area contributed by atoms with E-state index in [0.717, 1.165) is 21.3 Å². The number of methoxy groups -OCH3 is 1. The van der Waals surface area contributed by atoms with Crippen LogP contribution in [-0.2, 0) is 21.2 Å². The Kier molecular flexibility index (Phi) is 7.52. The summed E-state index contributed by atoms with van der Waals surface area (Å²) in [5, 5.41) is 0.573. The van der Waals surface area contributed by atoms with Crippen LogP contribution in [0.25, 0.3) is 10.2 Å². The molecular weight excluding hydrogens is 480 g/mol. The number of rotatable bonds is 9. The van der Waals surface area contributed by atoms with E-state index < -0.39 is 9.84 Å². The molecule has 0 saturated carbocycles. The first-order valence-electron chi connectivity index (χ1n) is 11.4. The number of carbonyl (C=O) groups excluding carboxylic acids is 1. The molecule has 1 heterocycles. The topological polar surface area (TPSA) is 76.6 Å². The van der Waals surface area contributed by atoms with Gasteiger partial charge in [-0.15, -0.1) is 0 Å². The summed E-state index contributed by atoms with van der Waals surface area (Å²) in [6, 6.07) is 21.9. The van der Waals surface area contributed by atoms with E-state index in [1.807, 2.05) is 42.5 Å². The van der Waals surface area contributed by atoms with Crippen LogP contribution in [0.2, 0.25) is 0 Å². The third kappa shape index (κ3) is 5.71. The normalized spacial score (nSPS) is 11.7. The van der Waals surface area contributed by atoms with Crippen molar-refractivity contribution >= 4 is 42.4 Å². The smallest absolute Gasteiger partial charge is 0.230 e. The zero-order valence-electron chi connectivity index (χ0n) is 20.0. The lowest BCUT2D eigenvalue weighted by Crippen LogP contribution is -2.31. The molecular formula is C27H28N2O4S2. The number of aromatic nitrogens is 1. The van der Waals surface area contributed by atoms with Crippen molar-refractivity contribution in [2.75, 3.05) is 17.8 Å². The summed E-state index contributed by atoms with van der Waals surface area (Å²) < 4.78 is 31.9. The lowest BCUT2D eigenvalue weighted by molar-refractivity contribution is -0.118. The van der Waals surface area contributed by atoms with E-state index in [1.165, 1.54) is 30.6 Å². The fourth-order valence-electron chi connectivity index (χ4n) is 3.83. The van der Waals surface area contributed by atoms with Crippen molar-refractivity contribution < 1.29 is 17.9 Å². The Hall–Kier alpha value is -3.23. The van der Waals surface area contributed by atoms with Crippen LogP contribution in [0.3, 0.4) is 0 Å². The molecule has 0 radical (unpaired) electrons. The maximum absolute atomic E-state index is 13.4. The van der Waals surface area contributed by atoms with E-state index in [4.69, 9.17) is 9.72 Å². The van der Waals surface area contributed by atoms with Crippen molar-refractivity contribution in [3.63, 3.8) is 0 Å². The second-order valence-corrected chi connectivity index (χ2v) is 11.7. The first-order chi connectivity index (χ1) is 16.8. The van der Waals surface area contributed by atoms with Crippen LogP contribution in [0, 0.1) is 0 Å². The van der Waals surface area contributed by atoms with Gasteiger partial charge in [0.05, 0.1) is 34.5 Å². The molecule has 35 heavy (non-hydrogen) atoms. The van der Waals surface area contributed by atoms with Gasteiger partial charge in [0.25, 0.3) is 0 Å². The average molecular weight is 509 g/mol. The fraction of sp³-hybridized carbons (Fsp3) is 0.259. The second kappa shape index (κ2) is 10.6. The molecule has 182 valence electrons. The minimum absolute atomic E-state index is 0.145. The maximum atomic E-state index is 13.4. The van der Waals surface area contributed by atoms with E-state index in [-0.39, 0.29) is 23.0 Å². The zero-order valence-corrected chi connectivity index (χ0v) is 21.6. The SMILES string of the molecule is COc1ccc(S(=O)(=O)CCC(=O)N(Cc2ccccc2)c2nc3c(C(C)C)cccc3s2)cc1. The molecule has 1 aromatic heterocycles. The van der Waals surface area contributed by atoms with Crippen molar-refractivity contribution in [3.05, 3.63) is 83.9 Å². The Morgan fingerprint density at radius 3 is 2.37 bits per heavy atom. The van der Waals surface area contributed by atoms with E-state index in [9.17, 15) is 13.2 Å². The highest BCUT2D eigenvalue weighted by Crippen LogP contribution is 2.34. The zero-order chi connectivity index (χ0) is 25.0. The van der Waals surface area contributed by atoms with Crippen molar-refractivity contribution in [2.24, 2.45) is 0 Å². The third-order valence-electron chi connectivity index (χ3n) is 5.78. The molecule has 0 aliphatic heterocycles. The van der Waals surface area contributed by atoms with Gasteiger partial charge in [-0.25, -0.2) is 13.4 Å².